The largest absolute Gasteiger partial charge is 0.474 e. The third-order valence-corrected chi connectivity index (χ3v) is 4.29. The number of amides is 1. The van der Waals surface area contributed by atoms with Crippen molar-refractivity contribution in [2.45, 2.75) is 4.90 Å². The lowest BCUT2D eigenvalue weighted by Gasteiger charge is -2.27. The molecule has 6 nitrogen and oxygen atoms in total. The van der Waals surface area contributed by atoms with Crippen molar-refractivity contribution < 1.29 is 27.5 Å². The first-order valence-corrected chi connectivity index (χ1v) is 6.55. The van der Waals surface area contributed by atoms with E-state index in [-0.39, 0.29) is 22.9 Å². The van der Waals surface area contributed by atoms with E-state index in [1.54, 1.807) is 0 Å². The first kappa shape index (κ1) is 12.5. The molecule has 0 bridgehead atoms. The first-order chi connectivity index (χ1) is 8.33. The number of sulfone groups is 1. The summed E-state index contributed by atoms with van der Waals surface area (Å²) < 4.78 is 36.5. The quantitative estimate of drug-likeness (QED) is 0.532. The maximum absolute atomic E-state index is 13.1. The van der Waals surface area contributed by atoms with Crippen molar-refractivity contribution in [1.29, 1.82) is 0 Å². The van der Waals surface area contributed by atoms with Crippen molar-refractivity contribution >= 4 is 27.4 Å². The molecular weight excluding hydrogens is 265 g/mol. The molecule has 0 saturated carbocycles. The lowest BCUT2D eigenvalue weighted by atomic mass is 10.2. The molecule has 1 amide bonds. The lowest BCUT2D eigenvalue weighted by Crippen LogP contribution is -2.43. The molecule has 1 heterocycles. The molecular formula is C10H8FNO5S. The Hall–Kier alpha value is -1.96. The van der Waals surface area contributed by atoms with Crippen LogP contribution in [0.2, 0.25) is 0 Å². The van der Waals surface area contributed by atoms with Crippen molar-refractivity contribution in [2.75, 3.05) is 17.2 Å². The second-order valence-corrected chi connectivity index (χ2v) is 5.77. The molecule has 1 aromatic rings. The van der Waals surface area contributed by atoms with Crippen LogP contribution in [-0.2, 0) is 19.4 Å². The van der Waals surface area contributed by atoms with E-state index in [0.717, 1.165) is 23.1 Å². The van der Waals surface area contributed by atoms with Gasteiger partial charge in [-0.2, -0.15) is 0 Å². The van der Waals surface area contributed by atoms with Gasteiger partial charge >= 0.3 is 11.9 Å². The SMILES string of the molecule is O=C(O)C(=O)N1CCS(=O)(=O)c2ccc(F)cc21. The van der Waals surface area contributed by atoms with E-state index in [1.807, 2.05) is 0 Å². The Bertz CT molecular complexity index is 640. The molecule has 0 fully saturated rings. The molecule has 8 heteroatoms. The van der Waals surface area contributed by atoms with Crippen LogP contribution >= 0.6 is 0 Å². The predicted octanol–water partition coefficient (Wildman–Crippen LogP) is 0.0306. The standard InChI is InChI=1S/C10H8FNO5S/c11-6-1-2-8-7(5-6)12(9(13)10(14)15)3-4-18(8,16)17/h1-2,5H,3-4H2,(H,14,15). The lowest BCUT2D eigenvalue weighted by molar-refractivity contribution is -0.148. The molecule has 1 aromatic carbocycles. The number of halogens is 1. The Kier molecular flexibility index (Phi) is 2.81. The molecule has 0 saturated heterocycles. The second-order valence-electron chi connectivity index (χ2n) is 3.69. The Morgan fingerprint density at radius 2 is 2.00 bits per heavy atom. The van der Waals surface area contributed by atoms with Gasteiger partial charge in [0.05, 0.1) is 16.3 Å². The van der Waals surface area contributed by atoms with Crippen LogP contribution in [0.15, 0.2) is 23.1 Å². The molecule has 0 aromatic heterocycles. The number of fused-ring (bicyclic) bond motifs is 1. The third-order valence-electron chi connectivity index (χ3n) is 2.56. The number of carboxylic acids is 1. The van der Waals surface area contributed by atoms with Gasteiger partial charge in [0.2, 0.25) is 0 Å². The van der Waals surface area contributed by atoms with Gasteiger partial charge in [-0.15, -0.1) is 0 Å². The van der Waals surface area contributed by atoms with Gasteiger partial charge in [0.1, 0.15) is 5.82 Å². The van der Waals surface area contributed by atoms with E-state index in [9.17, 15) is 22.4 Å². The number of anilines is 1. The molecule has 96 valence electrons. The van der Waals surface area contributed by atoms with Crippen LogP contribution in [-0.4, -0.2) is 37.7 Å². The van der Waals surface area contributed by atoms with Gasteiger partial charge in [-0.25, -0.2) is 17.6 Å². The summed E-state index contributed by atoms with van der Waals surface area (Å²) in [6.07, 6.45) is 0. The van der Waals surface area contributed by atoms with Gasteiger partial charge in [0, 0.05) is 6.54 Å². The molecule has 18 heavy (non-hydrogen) atoms. The fraction of sp³-hybridized carbons (Fsp3) is 0.200. The minimum absolute atomic E-state index is 0.228. The van der Waals surface area contributed by atoms with E-state index in [0.29, 0.717) is 0 Å². The number of carbonyl (C=O) groups excluding carboxylic acids is 1. The summed E-state index contributed by atoms with van der Waals surface area (Å²) in [5.41, 5.74) is -0.228. The highest BCUT2D eigenvalue weighted by Gasteiger charge is 2.34. The van der Waals surface area contributed by atoms with Crippen molar-refractivity contribution in [3.05, 3.63) is 24.0 Å². The smallest absolute Gasteiger partial charge is 0.394 e. The van der Waals surface area contributed by atoms with Crippen molar-refractivity contribution in [1.82, 2.24) is 0 Å². The van der Waals surface area contributed by atoms with E-state index >= 15 is 0 Å². The Balaban J connectivity index is 2.62. The van der Waals surface area contributed by atoms with E-state index < -0.39 is 27.5 Å². The van der Waals surface area contributed by atoms with Crippen LogP contribution in [0.25, 0.3) is 0 Å². The van der Waals surface area contributed by atoms with Crippen molar-refractivity contribution in [3.8, 4) is 0 Å². The molecule has 1 aliphatic heterocycles. The number of carboxylic acid groups (broad SMARTS) is 1. The van der Waals surface area contributed by atoms with Gasteiger partial charge in [0.25, 0.3) is 0 Å². The number of hydrogen-bond acceptors (Lipinski definition) is 4. The maximum atomic E-state index is 13.1. The summed E-state index contributed by atoms with van der Waals surface area (Å²) in [7, 11) is -3.60. The number of benzene rings is 1. The van der Waals surface area contributed by atoms with Crippen LogP contribution in [0.4, 0.5) is 10.1 Å². The number of nitrogens with zero attached hydrogens (tertiary/aromatic N) is 1. The molecule has 2 rings (SSSR count). The van der Waals surface area contributed by atoms with E-state index in [1.165, 1.54) is 0 Å². The zero-order valence-electron chi connectivity index (χ0n) is 8.96. The van der Waals surface area contributed by atoms with E-state index in [2.05, 4.69) is 0 Å². The van der Waals surface area contributed by atoms with Gasteiger partial charge in [-0.1, -0.05) is 0 Å². The molecule has 0 aliphatic carbocycles. The molecule has 1 N–H and O–H groups in total. The summed E-state index contributed by atoms with van der Waals surface area (Å²) in [6, 6.07) is 2.82. The Morgan fingerprint density at radius 1 is 1.33 bits per heavy atom. The Labute approximate surface area is 102 Å². The third kappa shape index (κ3) is 1.94. The summed E-state index contributed by atoms with van der Waals surface area (Å²) in [4.78, 5) is 22.5. The predicted molar refractivity (Wildman–Crippen MR) is 58.4 cm³/mol. The highest BCUT2D eigenvalue weighted by molar-refractivity contribution is 7.91. The fourth-order valence-electron chi connectivity index (χ4n) is 1.73. The zero-order valence-corrected chi connectivity index (χ0v) is 9.78. The van der Waals surface area contributed by atoms with Gasteiger partial charge in [0.15, 0.2) is 9.84 Å². The molecule has 1 aliphatic rings. The zero-order chi connectivity index (χ0) is 13.5. The monoisotopic (exact) mass is 273 g/mol. The number of carbonyl (C=O) groups is 2. The minimum atomic E-state index is -3.60. The average molecular weight is 273 g/mol. The number of rotatable bonds is 0. The topological polar surface area (TPSA) is 91.8 Å². The summed E-state index contributed by atoms with van der Waals surface area (Å²) >= 11 is 0. The van der Waals surface area contributed by atoms with Crippen LogP contribution < -0.4 is 4.90 Å². The first-order valence-electron chi connectivity index (χ1n) is 4.90. The summed E-state index contributed by atoms with van der Waals surface area (Å²) in [5, 5.41) is 8.62. The van der Waals surface area contributed by atoms with E-state index in [4.69, 9.17) is 5.11 Å². The van der Waals surface area contributed by atoms with Crippen molar-refractivity contribution in [2.24, 2.45) is 0 Å². The maximum Gasteiger partial charge on any atom is 0.394 e. The highest BCUT2D eigenvalue weighted by atomic mass is 32.2. The van der Waals surface area contributed by atoms with Crippen LogP contribution in [0.5, 0.6) is 0 Å². The second kappa shape index (κ2) is 4.05. The Morgan fingerprint density at radius 3 is 2.61 bits per heavy atom. The summed E-state index contributed by atoms with van der Waals surface area (Å²) in [5.74, 6) is -4.12. The van der Waals surface area contributed by atoms with Gasteiger partial charge in [-0.05, 0) is 18.2 Å². The molecule has 0 radical (unpaired) electrons. The number of aliphatic carboxylic acids is 1. The molecule has 0 unspecified atom stereocenters. The van der Waals surface area contributed by atoms with Crippen LogP contribution in [0, 0.1) is 5.82 Å². The fourth-order valence-corrected chi connectivity index (χ4v) is 3.14. The van der Waals surface area contributed by atoms with Crippen LogP contribution in [0.3, 0.4) is 0 Å². The summed E-state index contributed by atoms with van der Waals surface area (Å²) in [6.45, 7) is -0.302. The molecule has 0 atom stereocenters. The number of hydrogen-bond donors (Lipinski definition) is 1. The van der Waals surface area contributed by atoms with Crippen molar-refractivity contribution in [3.63, 3.8) is 0 Å². The van der Waals surface area contributed by atoms with Gasteiger partial charge in [-0.3, -0.25) is 4.79 Å². The average Bonchev–Trinajstić information content (AvgIpc) is 2.27. The normalized spacial score (nSPS) is 17.1. The highest BCUT2D eigenvalue weighted by Crippen LogP contribution is 2.31. The minimum Gasteiger partial charge on any atom is -0.474 e. The molecule has 0 spiro atoms. The van der Waals surface area contributed by atoms with Gasteiger partial charge < -0.3 is 10.0 Å². The van der Waals surface area contributed by atoms with Crippen LogP contribution in [0.1, 0.15) is 0 Å².